The normalized spacial score (nSPS) is 11.2. The maximum absolute atomic E-state index is 13.1. The Morgan fingerprint density at radius 3 is 2.21 bits per heavy atom. The predicted octanol–water partition coefficient (Wildman–Crippen LogP) is 5.23. The number of carboxylic acids is 1. The molecular formula is C26H25BrF3N5O4. The van der Waals surface area contributed by atoms with Crippen LogP contribution in [0.4, 0.5) is 24.5 Å². The third-order valence-electron chi connectivity index (χ3n) is 4.76. The fourth-order valence-corrected chi connectivity index (χ4v) is 3.41. The minimum absolute atomic E-state index is 0.0167. The number of rotatable bonds is 10. The number of halogens is 4. The summed E-state index contributed by atoms with van der Waals surface area (Å²) in [5.74, 6) is -2.40. The van der Waals surface area contributed by atoms with E-state index in [2.05, 4.69) is 38.7 Å². The van der Waals surface area contributed by atoms with Crippen LogP contribution in [0.1, 0.15) is 17.2 Å². The molecule has 206 valence electrons. The molecule has 0 saturated heterocycles. The molecule has 3 aromatic rings. The van der Waals surface area contributed by atoms with Crippen molar-refractivity contribution in [2.45, 2.75) is 12.2 Å². The first-order valence-electron chi connectivity index (χ1n) is 11.1. The molecule has 0 spiro atoms. The van der Waals surface area contributed by atoms with Gasteiger partial charge in [0.2, 0.25) is 0 Å². The molecule has 0 aliphatic heterocycles. The molecule has 7 N–H and O–H groups in total. The van der Waals surface area contributed by atoms with E-state index in [0.717, 1.165) is 15.7 Å². The van der Waals surface area contributed by atoms with E-state index in [1.807, 2.05) is 42.5 Å². The minimum Gasteiger partial charge on any atom is -0.488 e. The van der Waals surface area contributed by atoms with Gasteiger partial charge in [0.15, 0.2) is 0 Å². The molecule has 3 aromatic carbocycles. The molecule has 39 heavy (non-hydrogen) atoms. The fraction of sp³-hybridized carbons (Fsp3) is 0.115. The van der Waals surface area contributed by atoms with E-state index in [4.69, 9.17) is 25.8 Å². The number of benzene rings is 3. The van der Waals surface area contributed by atoms with Gasteiger partial charge in [0, 0.05) is 11.3 Å². The maximum Gasteiger partial charge on any atom is 0.490 e. The van der Waals surface area contributed by atoms with E-state index in [9.17, 15) is 18.0 Å². The number of carboxylic acid groups (broad SMARTS) is 1. The first kappa shape index (κ1) is 30.7. The summed E-state index contributed by atoms with van der Waals surface area (Å²) in [6.07, 6.45) is -3.42. The van der Waals surface area contributed by atoms with Crippen LogP contribution in [0.25, 0.3) is 0 Å². The lowest BCUT2D eigenvalue weighted by Crippen LogP contribution is -2.37. The van der Waals surface area contributed by atoms with Crippen LogP contribution >= 0.6 is 15.9 Å². The summed E-state index contributed by atoms with van der Waals surface area (Å²) in [4.78, 5) is 22.0. The van der Waals surface area contributed by atoms with E-state index in [1.54, 1.807) is 36.4 Å². The molecule has 1 amide bonds. The number of para-hydroxylation sites is 1. The first-order chi connectivity index (χ1) is 18.4. The Hall–Kier alpha value is -4.52. The lowest BCUT2D eigenvalue weighted by molar-refractivity contribution is -0.192. The van der Waals surface area contributed by atoms with E-state index in [1.165, 1.54) is 0 Å². The zero-order valence-corrected chi connectivity index (χ0v) is 21.8. The van der Waals surface area contributed by atoms with Crippen molar-refractivity contribution in [3.8, 4) is 5.75 Å². The van der Waals surface area contributed by atoms with Crippen LogP contribution in [0.3, 0.4) is 0 Å². The zero-order valence-electron chi connectivity index (χ0n) is 20.3. The molecule has 0 aliphatic rings. The van der Waals surface area contributed by atoms with Gasteiger partial charge in [-0.15, -0.1) is 0 Å². The molecule has 1 atom stereocenters. The van der Waals surface area contributed by atoms with Gasteiger partial charge in [0.05, 0.1) is 10.2 Å². The smallest absolute Gasteiger partial charge is 0.488 e. The predicted molar refractivity (Wildman–Crippen MR) is 146 cm³/mol. The number of nitrogens with one attached hydrogen (secondary N) is 4. The number of nitrogen functional groups attached to an aromatic ring is 1. The number of aliphatic carboxylic acids is 1. The van der Waals surface area contributed by atoms with Crippen molar-refractivity contribution in [2.24, 2.45) is 5.73 Å². The van der Waals surface area contributed by atoms with Gasteiger partial charge in [-0.05, 0) is 70.0 Å². The number of anilines is 2. The van der Waals surface area contributed by atoms with Gasteiger partial charge in [-0.3, -0.25) is 21.1 Å². The second-order valence-corrected chi connectivity index (χ2v) is 8.50. The monoisotopic (exact) mass is 607 g/mol. The number of hydrogen-bond acceptors (Lipinski definition) is 6. The molecule has 9 nitrogen and oxygen atoms in total. The van der Waals surface area contributed by atoms with E-state index in [0.29, 0.717) is 23.6 Å². The molecule has 0 saturated carbocycles. The van der Waals surface area contributed by atoms with Crippen LogP contribution in [-0.4, -0.2) is 35.6 Å². The van der Waals surface area contributed by atoms with Crippen molar-refractivity contribution in [2.75, 3.05) is 17.3 Å². The number of nitrogens with two attached hydrogens (primary N) is 1. The van der Waals surface area contributed by atoms with E-state index >= 15 is 0 Å². The molecule has 0 radical (unpaired) electrons. The highest BCUT2D eigenvalue weighted by Crippen LogP contribution is 2.30. The highest BCUT2D eigenvalue weighted by Gasteiger charge is 2.38. The van der Waals surface area contributed by atoms with Gasteiger partial charge < -0.3 is 20.9 Å². The summed E-state index contributed by atoms with van der Waals surface area (Å²) in [7, 11) is 0. The SMILES string of the molecule is C=CCOc1ccc(C(Nc2ccc(C(=N)N)cc2)C(=O)NNc2ccccc2)cc1Br.O=C(O)C(F)(F)F. The summed E-state index contributed by atoms with van der Waals surface area (Å²) in [6.45, 7) is 4.03. The van der Waals surface area contributed by atoms with Crippen molar-refractivity contribution in [1.29, 1.82) is 5.41 Å². The van der Waals surface area contributed by atoms with Crippen molar-refractivity contribution in [3.05, 3.63) is 101 Å². The van der Waals surface area contributed by atoms with Crippen molar-refractivity contribution < 1.29 is 32.6 Å². The summed E-state index contributed by atoms with van der Waals surface area (Å²) in [5.41, 5.74) is 14.0. The molecule has 0 heterocycles. The quantitative estimate of drug-likeness (QED) is 0.0799. The molecule has 0 aromatic heterocycles. The highest BCUT2D eigenvalue weighted by molar-refractivity contribution is 9.10. The van der Waals surface area contributed by atoms with Gasteiger partial charge in [0.25, 0.3) is 5.91 Å². The van der Waals surface area contributed by atoms with Crippen LogP contribution < -0.4 is 26.6 Å². The van der Waals surface area contributed by atoms with E-state index in [-0.39, 0.29) is 11.7 Å². The zero-order chi connectivity index (χ0) is 29.0. The van der Waals surface area contributed by atoms with Crippen LogP contribution in [-0.2, 0) is 9.59 Å². The lowest BCUT2D eigenvalue weighted by atomic mass is 10.1. The number of amidine groups is 1. The fourth-order valence-electron chi connectivity index (χ4n) is 2.90. The van der Waals surface area contributed by atoms with Crippen LogP contribution in [0.15, 0.2) is 89.9 Å². The Bertz CT molecular complexity index is 1290. The molecule has 3 rings (SSSR count). The second-order valence-electron chi connectivity index (χ2n) is 7.64. The molecule has 0 fully saturated rings. The third kappa shape index (κ3) is 10.0. The number of carbonyl (C=O) groups excluding carboxylic acids is 1. The molecule has 0 bridgehead atoms. The molecule has 0 aliphatic carbocycles. The lowest BCUT2D eigenvalue weighted by Gasteiger charge is -2.21. The maximum atomic E-state index is 13.1. The number of ether oxygens (including phenoxy) is 1. The number of amides is 1. The van der Waals surface area contributed by atoms with Gasteiger partial charge in [-0.2, -0.15) is 13.2 Å². The summed E-state index contributed by atoms with van der Waals surface area (Å²) in [5, 5.41) is 17.9. The Kier molecular flexibility index (Phi) is 11.4. The van der Waals surface area contributed by atoms with Gasteiger partial charge in [-0.25, -0.2) is 4.79 Å². The van der Waals surface area contributed by atoms with E-state index < -0.39 is 18.2 Å². The topological polar surface area (TPSA) is 150 Å². The first-order valence-corrected chi connectivity index (χ1v) is 11.9. The largest absolute Gasteiger partial charge is 0.490 e. The Labute approximate surface area is 230 Å². The highest BCUT2D eigenvalue weighted by atomic mass is 79.9. The van der Waals surface area contributed by atoms with Crippen LogP contribution in [0, 0.1) is 5.41 Å². The molecule has 1 unspecified atom stereocenters. The molecular weight excluding hydrogens is 583 g/mol. The van der Waals surface area contributed by atoms with Gasteiger partial charge >= 0.3 is 12.1 Å². The average Bonchev–Trinajstić information content (AvgIpc) is 2.90. The van der Waals surface area contributed by atoms with Gasteiger partial charge in [-0.1, -0.05) is 36.9 Å². The minimum atomic E-state index is -5.08. The number of carbonyl (C=O) groups is 2. The third-order valence-corrected chi connectivity index (χ3v) is 5.38. The Morgan fingerprint density at radius 1 is 1.08 bits per heavy atom. The summed E-state index contributed by atoms with van der Waals surface area (Å²) >= 11 is 3.51. The second kappa shape index (κ2) is 14.4. The number of alkyl halides is 3. The summed E-state index contributed by atoms with van der Waals surface area (Å²) in [6, 6.07) is 21.1. The standard InChI is InChI=1S/C24H24BrN5O2.C2HF3O2/c1-2-14-32-21-13-10-17(15-20(21)25)22(24(31)30-29-19-6-4-3-5-7-19)28-18-11-8-16(9-12-18)23(26)27;3-2(4,5)1(6)7/h2-13,15,22,28-29H,1,14H2,(H3,26,27)(H,30,31);(H,6,7). The van der Waals surface area contributed by atoms with Crippen LogP contribution in [0.5, 0.6) is 5.75 Å². The number of hydrogen-bond donors (Lipinski definition) is 6. The van der Waals surface area contributed by atoms with Crippen LogP contribution in [0.2, 0.25) is 0 Å². The number of hydrazine groups is 1. The molecule has 13 heteroatoms. The van der Waals surface area contributed by atoms with Crippen molar-refractivity contribution >= 4 is 45.0 Å². The van der Waals surface area contributed by atoms with Gasteiger partial charge in [0.1, 0.15) is 24.2 Å². The Morgan fingerprint density at radius 2 is 1.69 bits per heavy atom. The Balaban J connectivity index is 0.000000673. The average molecular weight is 608 g/mol. The van der Waals surface area contributed by atoms with Crippen molar-refractivity contribution in [3.63, 3.8) is 0 Å². The summed E-state index contributed by atoms with van der Waals surface area (Å²) < 4.78 is 38.1. The van der Waals surface area contributed by atoms with Crippen molar-refractivity contribution in [1.82, 2.24) is 5.43 Å².